The number of aryl methyl sites for hydroxylation is 2. The van der Waals surface area contributed by atoms with E-state index in [1.807, 2.05) is 4.57 Å². The number of hydrogen-bond acceptors (Lipinski definition) is 5. The van der Waals surface area contributed by atoms with Crippen LogP contribution < -0.4 is 5.56 Å². The molecule has 0 aromatic carbocycles. The first-order chi connectivity index (χ1) is 12.2. The van der Waals surface area contributed by atoms with Gasteiger partial charge in [0.1, 0.15) is 4.83 Å². The third-order valence-corrected chi connectivity index (χ3v) is 7.22. The molecule has 1 aliphatic carbocycles. The summed E-state index contributed by atoms with van der Waals surface area (Å²) in [6.45, 7) is 5.00. The molecule has 0 bridgehead atoms. The fourth-order valence-electron chi connectivity index (χ4n) is 3.42. The van der Waals surface area contributed by atoms with Crippen LogP contribution in [-0.4, -0.2) is 29.0 Å². The van der Waals surface area contributed by atoms with Crippen LogP contribution in [0.25, 0.3) is 10.2 Å². The van der Waals surface area contributed by atoms with E-state index in [0.717, 1.165) is 53.4 Å². The van der Waals surface area contributed by atoms with Crippen molar-refractivity contribution in [2.45, 2.75) is 70.0 Å². The molecule has 0 fully saturated rings. The summed E-state index contributed by atoms with van der Waals surface area (Å²) in [6, 6.07) is 0.177. The van der Waals surface area contributed by atoms with Gasteiger partial charge in [0.2, 0.25) is 0 Å². The second kappa shape index (κ2) is 8.69. The fraction of sp³-hybridized carbons (Fsp3) is 0.684. The van der Waals surface area contributed by atoms with Gasteiger partial charge in [0.25, 0.3) is 5.56 Å². The minimum absolute atomic E-state index is 0.174. The van der Waals surface area contributed by atoms with E-state index >= 15 is 0 Å². The summed E-state index contributed by atoms with van der Waals surface area (Å²) in [5.41, 5.74) is 1.47. The van der Waals surface area contributed by atoms with Crippen molar-refractivity contribution >= 4 is 33.3 Å². The monoisotopic (exact) mass is 380 g/mol. The molecule has 0 aliphatic heterocycles. The molecule has 3 rings (SSSR count). The summed E-state index contributed by atoms with van der Waals surface area (Å²) in [4.78, 5) is 20.7. The first kappa shape index (κ1) is 18.9. The first-order valence-electron chi connectivity index (χ1n) is 9.35. The maximum atomic E-state index is 13.4. The van der Waals surface area contributed by atoms with Gasteiger partial charge >= 0.3 is 0 Å². The Hall–Kier alpha value is -0.850. The van der Waals surface area contributed by atoms with E-state index in [-0.39, 0.29) is 11.6 Å². The number of hydrogen-bond donors (Lipinski definition) is 0. The lowest BCUT2D eigenvalue weighted by molar-refractivity contribution is 0.200. The molecular formula is C19H28N2O2S2. The van der Waals surface area contributed by atoms with E-state index in [1.165, 1.54) is 29.7 Å². The highest BCUT2D eigenvalue weighted by Gasteiger charge is 2.22. The zero-order chi connectivity index (χ0) is 17.8. The lowest BCUT2D eigenvalue weighted by atomic mass is 10.1. The third kappa shape index (κ3) is 3.96. The van der Waals surface area contributed by atoms with E-state index < -0.39 is 0 Å². The lowest BCUT2D eigenvalue weighted by Gasteiger charge is -2.17. The van der Waals surface area contributed by atoms with Crippen molar-refractivity contribution < 1.29 is 4.74 Å². The van der Waals surface area contributed by atoms with Crippen molar-refractivity contribution in [2.24, 2.45) is 0 Å². The number of ether oxygens (including phenoxy) is 1. The van der Waals surface area contributed by atoms with Gasteiger partial charge in [0.15, 0.2) is 5.16 Å². The van der Waals surface area contributed by atoms with Gasteiger partial charge < -0.3 is 4.74 Å². The maximum Gasteiger partial charge on any atom is 0.263 e. The summed E-state index contributed by atoms with van der Waals surface area (Å²) in [5.74, 6) is 0.924. The summed E-state index contributed by atoms with van der Waals surface area (Å²) in [6.07, 6.45) is 7.74. The number of nitrogens with zero attached hydrogens (tertiary/aromatic N) is 2. The van der Waals surface area contributed by atoms with Crippen LogP contribution in [0.3, 0.4) is 0 Å². The molecule has 0 spiro atoms. The summed E-state index contributed by atoms with van der Waals surface area (Å²) >= 11 is 3.44. The Morgan fingerprint density at radius 2 is 2.12 bits per heavy atom. The normalized spacial score (nSPS) is 16.0. The highest BCUT2D eigenvalue weighted by molar-refractivity contribution is 7.99. The highest BCUT2D eigenvalue weighted by Crippen LogP contribution is 2.34. The molecule has 1 atom stereocenters. The Balaban J connectivity index is 2.07. The Morgan fingerprint density at radius 1 is 1.32 bits per heavy atom. The van der Waals surface area contributed by atoms with Crippen molar-refractivity contribution in [2.75, 3.05) is 19.5 Å². The topological polar surface area (TPSA) is 44.1 Å². The molecule has 138 valence electrons. The van der Waals surface area contributed by atoms with Crippen LogP contribution in [0, 0.1) is 0 Å². The van der Waals surface area contributed by atoms with Crippen molar-refractivity contribution in [1.29, 1.82) is 0 Å². The van der Waals surface area contributed by atoms with Crippen LogP contribution >= 0.6 is 23.1 Å². The zero-order valence-electron chi connectivity index (χ0n) is 15.5. The Kier molecular flexibility index (Phi) is 6.58. The van der Waals surface area contributed by atoms with Crippen LogP contribution in [-0.2, 0) is 17.6 Å². The van der Waals surface area contributed by atoms with Crippen LogP contribution in [0.15, 0.2) is 9.95 Å². The van der Waals surface area contributed by atoms with E-state index in [1.54, 1.807) is 30.2 Å². The van der Waals surface area contributed by atoms with Crippen molar-refractivity contribution in [1.82, 2.24) is 9.55 Å². The molecule has 0 saturated carbocycles. The van der Waals surface area contributed by atoms with Crippen LogP contribution in [0.1, 0.15) is 62.4 Å². The molecule has 0 amide bonds. The molecule has 25 heavy (non-hydrogen) atoms. The van der Waals surface area contributed by atoms with Gasteiger partial charge in [-0.05, 0) is 51.0 Å². The van der Waals surface area contributed by atoms with Gasteiger partial charge in [-0.2, -0.15) is 0 Å². The van der Waals surface area contributed by atoms with Gasteiger partial charge in [-0.3, -0.25) is 9.36 Å². The van der Waals surface area contributed by atoms with E-state index in [9.17, 15) is 4.79 Å². The molecule has 6 heteroatoms. The second-order valence-electron chi connectivity index (χ2n) is 6.77. The minimum Gasteiger partial charge on any atom is -0.385 e. The van der Waals surface area contributed by atoms with Crippen molar-refractivity contribution in [3.63, 3.8) is 0 Å². The van der Waals surface area contributed by atoms with E-state index in [4.69, 9.17) is 9.72 Å². The van der Waals surface area contributed by atoms with E-state index in [2.05, 4.69) is 13.8 Å². The second-order valence-corrected chi connectivity index (χ2v) is 8.91. The molecule has 4 nitrogen and oxygen atoms in total. The van der Waals surface area contributed by atoms with Gasteiger partial charge in [0, 0.05) is 30.4 Å². The molecule has 2 aromatic heterocycles. The van der Waals surface area contributed by atoms with Crippen molar-refractivity contribution in [3.8, 4) is 0 Å². The van der Waals surface area contributed by atoms with Gasteiger partial charge in [0.05, 0.1) is 5.39 Å². The maximum absolute atomic E-state index is 13.4. The molecule has 2 aromatic rings. The Bertz CT molecular complexity index is 782. The summed E-state index contributed by atoms with van der Waals surface area (Å²) < 4.78 is 7.08. The van der Waals surface area contributed by atoms with Crippen LogP contribution in [0.2, 0.25) is 0 Å². The van der Waals surface area contributed by atoms with Crippen LogP contribution in [0.4, 0.5) is 0 Å². The molecule has 1 aliphatic rings. The standard InChI is InChI=1S/C19H28N2O2S2/c1-4-13(2)21-18(22)16-14-9-6-5-7-10-15(14)25-17(16)20-19(21)24-12-8-11-23-3/h13H,4-12H2,1-3H3. The molecule has 1 unspecified atom stereocenters. The van der Waals surface area contributed by atoms with E-state index in [0.29, 0.717) is 0 Å². The third-order valence-electron chi connectivity index (χ3n) is 4.99. The minimum atomic E-state index is 0.174. The molecule has 0 saturated heterocycles. The number of aromatic nitrogens is 2. The average molecular weight is 381 g/mol. The largest absolute Gasteiger partial charge is 0.385 e. The Labute approximate surface area is 158 Å². The average Bonchev–Trinajstić information content (AvgIpc) is 2.80. The highest BCUT2D eigenvalue weighted by atomic mass is 32.2. The predicted octanol–water partition coefficient (Wildman–Crippen LogP) is 4.83. The summed E-state index contributed by atoms with van der Waals surface area (Å²) in [7, 11) is 1.72. The molecular weight excluding hydrogens is 352 g/mol. The predicted molar refractivity (Wildman–Crippen MR) is 107 cm³/mol. The smallest absolute Gasteiger partial charge is 0.263 e. The van der Waals surface area contributed by atoms with Crippen molar-refractivity contribution in [3.05, 3.63) is 20.8 Å². The Morgan fingerprint density at radius 3 is 2.88 bits per heavy atom. The lowest BCUT2D eigenvalue weighted by Crippen LogP contribution is -2.26. The van der Waals surface area contributed by atoms with Gasteiger partial charge in [-0.15, -0.1) is 11.3 Å². The number of methoxy groups -OCH3 is 1. The SMILES string of the molecule is CCC(C)n1c(SCCCOC)nc2sc3c(c2c1=O)CCCCC3. The zero-order valence-corrected chi connectivity index (χ0v) is 17.1. The quantitative estimate of drug-likeness (QED) is 0.299. The number of thiophene rings is 1. The molecule has 0 radical (unpaired) electrons. The number of rotatable bonds is 7. The number of thioether (sulfide) groups is 1. The number of fused-ring (bicyclic) bond motifs is 3. The first-order valence-corrected chi connectivity index (χ1v) is 11.2. The van der Waals surface area contributed by atoms with Crippen LogP contribution in [0.5, 0.6) is 0 Å². The molecule has 2 heterocycles. The fourth-order valence-corrected chi connectivity index (χ4v) is 5.73. The van der Waals surface area contributed by atoms with Gasteiger partial charge in [-0.1, -0.05) is 25.1 Å². The summed E-state index contributed by atoms with van der Waals surface area (Å²) in [5, 5.41) is 1.78. The van der Waals surface area contributed by atoms with Gasteiger partial charge in [-0.25, -0.2) is 4.98 Å². The molecule has 0 N–H and O–H groups in total.